The van der Waals surface area contributed by atoms with Gasteiger partial charge >= 0.3 is 0 Å². The van der Waals surface area contributed by atoms with Crippen molar-refractivity contribution in [1.29, 1.82) is 0 Å². The summed E-state index contributed by atoms with van der Waals surface area (Å²) in [6.07, 6.45) is 0. The van der Waals surface area contributed by atoms with Gasteiger partial charge in [-0.05, 0) is 31.3 Å². The van der Waals surface area contributed by atoms with Crippen LogP contribution in [0.1, 0.15) is 11.5 Å². The Balaban J connectivity index is 1.90. The van der Waals surface area contributed by atoms with Crippen LogP contribution >= 0.6 is 11.6 Å². The average molecular weight is 253 g/mol. The molecule has 0 spiro atoms. The van der Waals surface area contributed by atoms with Crippen molar-refractivity contribution in [3.05, 3.63) is 46.8 Å². The molecule has 17 heavy (non-hydrogen) atoms. The number of aromatic nitrogens is 1. The highest BCUT2D eigenvalue weighted by Gasteiger charge is 2.04. The summed E-state index contributed by atoms with van der Waals surface area (Å²) in [5, 5.41) is 7.58. The van der Waals surface area contributed by atoms with Crippen molar-refractivity contribution < 1.29 is 9.26 Å². The van der Waals surface area contributed by atoms with Crippen LogP contribution in [0.25, 0.3) is 0 Å². The SMILES string of the molecule is CNCc1cc(COc2ccc(Cl)cc2)on1. The Bertz CT molecular complexity index is 468. The Kier molecular flexibility index (Phi) is 4.01. The average Bonchev–Trinajstić information content (AvgIpc) is 2.77. The first-order valence-electron chi connectivity index (χ1n) is 5.25. The van der Waals surface area contributed by atoms with E-state index in [2.05, 4.69) is 10.5 Å². The highest BCUT2D eigenvalue weighted by Crippen LogP contribution is 2.17. The molecular weight excluding hydrogens is 240 g/mol. The predicted molar refractivity (Wildman–Crippen MR) is 65.1 cm³/mol. The molecular formula is C12H13ClN2O2. The van der Waals surface area contributed by atoms with Crippen LogP contribution in [0.4, 0.5) is 0 Å². The summed E-state index contributed by atoms with van der Waals surface area (Å²) in [4.78, 5) is 0. The number of halogens is 1. The first-order chi connectivity index (χ1) is 8.28. The van der Waals surface area contributed by atoms with E-state index in [1.807, 2.05) is 25.2 Å². The molecule has 0 aliphatic heterocycles. The van der Waals surface area contributed by atoms with Gasteiger partial charge in [-0.25, -0.2) is 0 Å². The number of nitrogens with one attached hydrogen (secondary N) is 1. The van der Waals surface area contributed by atoms with Gasteiger partial charge in [-0.2, -0.15) is 0 Å². The maximum atomic E-state index is 5.78. The first-order valence-corrected chi connectivity index (χ1v) is 5.63. The van der Waals surface area contributed by atoms with Gasteiger partial charge < -0.3 is 14.6 Å². The van der Waals surface area contributed by atoms with Crippen molar-refractivity contribution in [2.75, 3.05) is 7.05 Å². The molecule has 0 aliphatic carbocycles. The number of benzene rings is 1. The molecule has 0 radical (unpaired) electrons. The molecule has 1 heterocycles. The molecule has 0 amide bonds. The number of rotatable bonds is 5. The zero-order valence-corrected chi connectivity index (χ0v) is 10.2. The summed E-state index contributed by atoms with van der Waals surface area (Å²) in [6.45, 7) is 1.04. The molecule has 0 fully saturated rings. The van der Waals surface area contributed by atoms with Gasteiger partial charge in [0, 0.05) is 17.6 Å². The number of ether oxygens (including phenoxy) is 1. The van der Waals surface area contributed by atoms with Crippen LogP contribution in [0.2, 0.25) is 5.02 Å². The van der Waals surface area contributed by atoms with E-state index in [1.54, 1.807) is 12.1 Å². The summed E-state index contributed by atoms with van der Waals surface area (Å²) in [7, 11) is 1.86. The quantitative estimate of drug-likeness (QED) is 0.889. The van der Waals surface area contributed by atoms with Crippen molar-refractivity contribution in [1.82, 2.24) is 10.5 Å². The lowest BCUT2D eigenvalue weighted by molar-refractivity contribution is 0.248. The third kappa shape index (κ3) is 3.47. The fourth-order valence-corrected chi connectivity index (χ4v) is 1.50. The lowest BCUT2D eigenvalue weighted by Crippen LogP contribution is -2.04. The van der Waals surface area contributed by atoms with Crippen molar-refractivity contribution in [2.24, 2.45) is 0 Å². The van der Waals surface area contributed by atoms with Crippen LogP contribution in [-0.4, -0.2) is 12.2 Å². The van der Waals surface area contributed by atoms with E-state index >= 15 is 0 Å². The van der Waals surface area contributed by atoms with Crippen LogP contribution in [-0.2, 0) is 13.2 Å². The van der Waals surface area contributed by atoms with Gasteiger partial charge in [-0.15, -0.1) is 0 Å². The predicted octanol–water partition coefficient (Wildman–Crippen LogP) is 2.63. The Labute approximate surface area is 105 Å². The maximum absolute atomic E-state index is 5.78. The number of hydrogen-bond acceptors (Lipinski definition) is 4. The second-order valence-electron chi connectivity index (χ2n) is 3.56. The van der Waals surface area contributed by atoms with Crippen molar-refractivity contribution >= 4 is 11.6 Å². The standard InChI is InChI=1S/C12H13ClN2O2/c1-14-7-10-6-12(17-15-10)8-16-11-4-2-9(13)3-5-11/h2-6,14H,7-8H2,1H3. The number of hydrogen-bond donors (Lipinski definition) is 1. The molecule has 0 atom stereocenters. The molecule has 0 unspecified atom stereocenters. The highest BCUT2D eigenvalue weighted by atomic mass is 35.5. The second kappa shape index (κ2) is 5.70. The molecule has 1 aromatic carbocycles. The van der Waals surface area contributed by atoms with Gasteiger partial charge in [0.05, 0.1) is 5.69 Å². The lowest BCUT2D eigenvalue weighted by Gasteiger charge is -2.02. The van der Waals surface area contributed by atoms with E-state index < -0.39 is 0 Å². The topological polar surface area (TPSA) is 47.3 Å². The molecule has 90 valence electrons. The van der Waals surface area contributed by atoms with Crippen LogP contribution in [0.15, 0.2) is 34.9 Å². The lowest BCUT2D eigenvalue weighted by atomic mass is 10.3. The summed E-state index contributed by atoms with van der Waals surface area (Å²) >= 11 is 5.78. The zero-order chi connectivity index (χ0) is 12.1. The van der Waals surface area contributed by atoms with E-state index in [-0.39, 0.29) is 0 Å². The van der Waals surface area contributed by atoms with Gasteiger partial charge in [0.1, 0.15) is 12.4 Å². The molecule has 0 saturated heterocycles. The fourth-order valence-electron chi connectivity index (χ4n) is 1.37. The summed E-state index contributed by atoms with van der Waals surface area (Å²) in [5.41, 5.74) is 0.863. The third-order valence-corrected chi connectivity index (χ3v) is 2.41. The molecule has 4 nitrogen and oxygen atoms in total. The Morgan fingerprint density at radius 1 is 1.35 bits per heavy atom. The summed E-state index contributed by atoms with van der Waals surface area (Å²) in [6, 6.07) is 9.06. The van der Waals surface area contributed by atoms with E-state index in [9.17, 15) is 0 Å². The molecule has 5 heteroatoms. The van der Waals surface area contributed by atoms with Crippen molar-refractivity contribution in [3.8, 4) is 5.75 Å². The third-order valence-electron chi connectivity index (χ3n) is 2.16. The van der Waals surface area contributed by atoms with E-state index in [0.29, 0.717) is 23.9 Å². The van der Waals surface area contributed by atoms with E-state index in [4.69, 9.17) is 20.9 Å². The Hall–Kier alpha value is -1.52. The van der Waals surface area contributed by atoms with Gasteiger partial charge in [0.15, 0.2) is 5.76 Å². The smallest absolute Gasteiger partial charge is 0.174 e. The molecule has 0 aliphatic rings. The number of nitrogens with zero attached hydrogens (tertiary/aromatic N) is 1. The largest absolute Gasteiger partial charge is 0.486 e. The van der Waals surface area contributed by atoms with Crippen LogP contribution in [0, 0.1) is 0 Å². The first kappa shape index (κ1) is 12.0. The molecule has 1 aromatic heterocycles. The minimum atomic E-state index is 0.359. The second-order valence-corrected chi connectivity index (χ2v) is 3.99. The van der Waals surface area contributed by atoms with Crippen molar-refractivity contribution in [3.63, 3.8) is 0 Å². The van der Waals surface area contributed by atoms with Gasteiger partial charge in [0.2, 0.25) is 0 Å². The minimum Gasteiger partial charge on any atom is -0.486 e. The normalized spacial score (nSPS) is 10.5. The minimum absolute atomic E-state index is 0.359. The van der Waals surface area contributed by atoms with E-state index in [0.717, 1.165) is 11.4 Å². The molecule has 1 N–H and O–H groups in total. The Morgan fingerprint density at radius 3 is 2.82 bits per heavy atom. The van der Waals surface area contributed by atoms with Gasteiger partial charge in [-0.1, -0.05) is 16.8 Å². The maximum Gasteiger partial charge on any atom is 0.174 e. The summed E-state index contributed by atoms with van der Waals surface area (Å²) < 4.78 is 10.6. The molecule has 0 saturated carbocycles. The zero-order valence-electron chi connectivity index (χ0n) is 9.44. The summed E-state index contributed by atoms with van der Waals surface area (Å²) in [5.74, 6) is 1.45. The van der Waals surface area contributed by atoms with Crippen molar-refractivity contribution in [2.45, 2.75) is 13.2 Å². The molecule has 0 bridgehead atoms. The fraction of sp³-hybridized carbons (Fsp3) is 0.250. The molecule has 2 rings (SSSR count). The monoisotopic (exact) mass is 252 g/mol. The van der Waals surface area contributed by atoms with E-state index in [1.165, 1.54) is 0 Å². The van der Waals surface area contributed by atoms with Crippen LogP contribution in [0.3, 0.4) is 0 Å². The van der Waals surface area contributed by atoms with Gasteiger partial charge in [-0.3, -0.25) is 0 Å². The van der Waals surface area contributed by atoms with Crippen LogP contribution < -0.4 is 10.1 Å². The molecule has 2 aromatic rings. The van der Waals surface area contributed by atoms with Gasteiger partial charge in [0.25, 0.3) is 0 Å². The van der Waals surface area contributed by atoms with Crippen LogP contribution in [0.5, 0.6) is 5.75 Å². The highest BCUT2D eigenvalue weighted by molar-refractivity contribution is 6.30. The Morgan fingerprint density at radius 2 is 2.12 bits per heavy atom.